The zero-order valence-electron chi connectivity index (χ0n) is 10.9. The Morgan fingerprint density at radius 1 is 1.33 bits per heavy atom. The van der Waals surface area contributed by atoms with Crippen molar-refractivity contribution in [3.63, 3.8) is 0 Å². The van der Waals surface area contributed by atoms with Gasteiger partial charge in [-0.15, -0.1) is 0 Å². The largest absolute Gasteiger partial charge is 0.393 e. The number of nitrogens with zero attached hydrogens (tertiary/aromatic N) is 1. The Morgan fingerprint density at radius 3 is 2.13 bits per heavy atom. The van der Waals surface area contributed by atoms with Crippen molar-refractivity contribution in [2.24, 2.45) is 0 Å². The van der Waals surface area contributed by atoms with E-state index in [1.54, 1.807) is 7.05 Å². The van der Waals surface area contributed by atoms with Crippen molar-refractivity contribution in [3.8, 4) is 0 Å². The molecule has 1 amide bonds. The minimum absolute atomic E-state index is 0.131. The third-order valence-electron chi connectivity index (χ3n) is 2.92. The number of rotatable bonds is 4. The maximum atomic E-state index is 10.9. The van der Waals surface area contributed by atoms with Crippen molar-refractivity contribution in [1.82, 2.24) is 5.06 Å². The van der Waals surface area contributed by atoms with E-state index in [1.807, 2.05) is 0 Å². The first-order valence-corrected chi connectivity index (χ1v) is 8.00. The third kappa shape index (κ3) is 4.77. The summed E-state index contributed by atoms with van der Waals surface area (Å²) < 4.78 is 5.74. The molecule has 4 nitrogen and oxygen atoms in total. The van der Waals surface area contributed by atoms with E-state index in [0.717, 1.165) is 0 Å². The maximum Gasteiger partial charge on any atom is 0.242 e. The average molecular weight is 233 g/mol. The molecule has 0 radical (unpaired) electrons. The predicted molar refractivity (Wildman–Crippen MR) is 62.7 cm³/mol. The number of hydroxylamine groups is 2. The molecule has 90 valence electrons. The molecule has 5 heteroatoms. The van der Waals surface area contributed by atoms with Gasteiger partial charge in [-0.2, -0.15) is 0 Å². The Hall–Kier alpha value is -0.393. The van der Waals surface area contributed by atoms with Crippen LogP contribution in [0, 0.1) is 0 Å². The Bertz CT molecular complexity index is 223. The summed E-state index contributed by atoms with van der Waals surface area (Å²) in [6.45, 7) is 12.4. The molecule has 0 aliphatic rings. The maximum absolute atomic E-state index is 10.9. The molecule has 0 heterocycles. The highest BCUT2D eigenvalue weighted by Crippen LogP contribution is 2.36. The quantitative estimate of drug-likeness (QED) is 0.425. The van der Waals surface area contributed by atoms with Gasteiger partial charge in [0.1, 0.15) is 0 Å². The van der Waals surface area contributed by atoms with Crippen molar-refractivity contribution in [2.45, 2.75) is 45.8 Å². The van der Waals surface area contributed by atoms with Gasteiger partial charge in [-0.3, -0.25) is 4.79 Å². The van der Waals surface area contributed by atoms with Crippen LogP contribution in [0.5, 0.6) is 0 Å². The third-order valence-corrected chi connectivity index (χ3v) is 7.37. The van der Waals surface area contributed by atoms with Crippen molar-refractivity contribution in [2.75, 3.05) is 13.8 Å². The normalized spacial score (nSPS) is 12.7. The number of amides is 1. The van der Waals surface area contributed by atoms with E-state index in [4.69, 9.17) is 9.26 Å². The highest BCUT2D eigenvalue weighted by Gasteiger charge is 2.37. The Kier molecular flexibility index (Phi) is 4.96. The SMILES string of the molecule is CC(=O)N(C)OCO[Si](C)(C)C(C)(C)C. The van der Waals surface area contributed by atoms with E-state index in [1.165, 1.54) is 12.0 Å². The molecule has 0 aromatic rings. The van der Waals surface area contributed by atoms with Gasteiger partial charge in [0.25, 0.3) is 0 Å². The molecule has 0 aromatic heterocycles. The minimum atomic E-state index is -1.77. The van der Waals surface area contributed by atoms with Gasteiger partial charge in [0.15, 0.2) is 15.1 Å². The van der Waals surface area contributed by atoms with E-state index in [0.29, 0.717) is 0 Å². The second-order valence-corrected chi connectivity index (χ2v) is 9.98. The molecule has 0 bridgehead atoms. The Balaban J connectivity index is 4.01. The van der Waals surface area contributed by atoms with Crippen LogP contribution in [0.1, 0.15) is 27.7 Å². The van der Waals surface area contributed by atoms with Crippen LogP contribution in [0.25, 0.3) is 0 Å². The molecule has 15 heavy (non-hydrogen) atoms. The van der Waals surface area contributed by atoms with Gasteiger partial charge < -0.3 is 4.43 Å². The number of hydrogen-bond donors (Lipinski definition) is 0. The fourth-order valence-corrected chi connectivity index (χ4v) is 1.34. The summed E-state index contributed by atoms with van der Waals surface area (Å²) in [5, 5.41) is 1.35. The van der Waals surface area contributed by atoms with Gasteiger partial charge in [0, 0.05) is 14.0 Å². The lowest BCUT2D eigenvalue weighted by Gasteiger charge is -2.36. The van der Waals surface area contributed by atoms with Crippen molar-refractivity contribution >= 4 is 14.2 Å². The number of carbonyl (C=O) groups excluding carboxylic acids is 1. The van der Waals surface area contributed by atoms with Crippen LogP contribution in [0.4, 0.5) is 0 Å². The van der Waals surface area contributed by atoms with Crippen LogP contribution in [-0.4, -0.2) is 33.1 Å². The van der Waals surface area contributed by atoms with Crippen LogP contribution in [0.15, 0.2) is 0 Å². The minimum Gasteiger partial charge on any atom is -0.393 e. The molecule has 0 atom stereocenters. The van der Waals surface area contributed by atoms with E-state index in [-0.39, 0.29) is 17.7 Å². The molecule has 0 saturated carbocycles. The fourth-order valence-electron chi connectivity index (χ4n) is 0.560. The number of carbonyl (C=O) groups is 1. The summed E-state index contributed by atoms with van der Waals surface area (Å²) in [6.07, 6.45) is 0. The highest BCUT2D eigenvalue weighted by molar-refractivity contribution is 6.74. The predicted octanol–water partition coefficient (Wildman–Crippen LogP) is 2.38. The topological polar surface area (TPSA) is 38.8 Å². The molecule has 0 N–H and O–H groups in total. The molecule has 0 saturated heterocycles. The summed E-state index contributed by atoms with van der Waals surface area (Å²) >= 11 is 0. The first-order valence-electron chi connectivity index (χ1n) is 5.09. The van der Waals surface area contributed by atoms with E-state index >= 15 is 0 Å². The summed E-state index contributed by atoms with van der Waals surface area (Å²) in [7, 11) is -0.189. The Morgan fingerprint density at radius 2 is 1.80 bits per heavy atom. The first-order chi connectivity index (χ1) is 6.58. The van der Waals surface area contributed by atoms with E-state index < -0.39 is 8.32 Å². The van der Waals surface area contributed by atoms with Gasteiger partial charge >= 0.3 is 0 Å². The lowest BCUT2D eigenvalue weighted by Crippen LogP contribution is -2.42. The average Bonchev–Trinajstić information content (AvgIpc) is 2.01. The standard InChI is InChI=1S/C10H23NO3Si/c1-9(12)11(5)13-8-14-15(6,7)10(2,3)4/h8H2,1-7H3. The van der Waals surface area contributed by atoms with Gasteiger partial charge in [0.2, 0.25) is 5.91 Å². The highest BCUT2D eigenvalue weighted by atomic mass is 28.4. The zero-order chi connectivity index (χ0) is 12.3. The summed E-state index contributed by atoms with van der Waals surface area (Å²) in [5.74, 6) is -0.131. The van der Waals surface area contributed by atoms with Crippen molar-refractivity contribution in [1.29, 1.82) is 0 Å². The van der Waals surface area contributed by atoms with Crippen LogP contribution in [0.3, 0.4) is 0 Å². The Labute approximate surface area is 93.6 Å². The monoisotopic (exact) mass is 233 g/mol. The molecule has 0 aliphatic carbocycles. The van der Waals surface area contributed by atoms with Gasteiger partial charge in [-0.1, -0.05) is 20.8 Å². The molecule has 0 aromatic carbocycles. The van der Waals surface area contributed by atoms with Crippen LogP contribution in [0.2, 0.25) is 18.1 Å². The second kappa shape index (κ2) is 5.09. The second-order valence-electron chi connectivity index (χ2n) is 5.17. The van der Waals surface area contributed by atoms with E-state index in [9.17, 15) is 4.79 Å². The van der Waals surface area contributed by atoms with Gasteiger partial charge in [-0.25, -0.2) is 9.90 Å². The van der Waals surface area contributed by atoms with Crippen LogP contribution >= 0.6 is 0 Å². The molecule has 0 fully saturated rings. The molecule has 0 rings (SSSR count). The number of hydrogen-bond acceptors (Lipinski definition) is 3. The fraction of sp³-hybridized carbons (Fsp3) is 0.900. The van der Waals surface area contributed by atoms with E-state index in [2.05, 4.69) is 33.9 Å². The van der Waals surface area contributed by atoms with Crippen LogP contribution in [-0.2, 0) is 14.1 Å². The summed E-state index contributed by atoms with van der Waals surface area (Å²) in [6, 6.07) is 0. The molecule has 0 aliphatic heterocycles. The molecule has 0 unspecified atom stereocenters. The molecular weight excluding hydrogens is 210 g/mol. The van der Waals surface area contributed by atoms with Crippen LogP contribution < -0.4 is 0 Å². The first kappa shape index (κ1) is 14.6. The molecule has 0 spiro atoms. The smallest absolute Gasteiger partial charge is 0.242 e. The summed E-state index contributed by atoms with van der Waals surface area (Å²) in [5.41, 5.74) is 0. The van der Waals surface area contributed by atoms with Gasteiger partial charge in [0.05, 0.1) is 0 Å². The van der Waals surface area contributed by atoms with Crippen molar-refractivity contribution < 1.29 is 14.1 Å². The lowest BCUT2D eigenvalue weighted by molar-refractivity contribution is -0.198. The zero-order valence-corrected chi connectivity index (χ0v) is 11.9. The van der Waals surface area contributed by atoms with Crippen molar-refractivity contribution in [3.05, 3.63) is 0 Å². The summed E-state index contributed by atoms with van der Waals surface area (Å²) in [4.78, 5) is 16.0. The van der Waals surface area contributed by atoms with Gasteiger partial charge in [-0.05, 0) is 18.1 Å². The lowest BCUT2D eigenvalue weighted by atomic mass is 10.2. The molecular formula is C10H23NO3Si.